The molecule has 1 aromatic carbocycles. The largest absolute Gasteiger partial charge is 0.264 e. The van der Waals surface area contributed by atoms with Gasteiger partial charge in [0.05, 0.1) is 17.6 Å². The van der Waals surface area contributed by atoms with E-state index in [1.54, 1.807) is 11.6 Å². The number of aryl methyl sites for hydroxylation is 1. The summed E-state index contributed by atoms with van der Waals surface area (Å²) in [5, 5.41) is 4.04. The van der Waals surface area contributed by atoms with Gasteiger partial charge in [0, 0.05) is 10.7 Å². The first-order valence-corrected chi connectivity index (χ1v) is 7.27. The molecule has 0 saturated heterocycles. The van der Waals surface area contributed by atoms with Gasteiger partial charge in [-0.25, -0.2) is 13.1 Å². The van der Waals surface area contributed by atoms with Crippen LogP contribution in [0.15, 0.2) is 35.4 Å². The predicted molar refractivity (Wildman–Crippen MR) is 66.1 cm³/mol. The second-order valence-electron chi connectivity index (χ2n) is 3.78. The molecular weight excluding hydrogens is 260 g/mol. The van der Waals surface area contributed by atoms with Gasteiger partial charge in [-0.05, 0) is 26.0 Å². The number of nitrogens with zero attached hydrogens (tertiary/aromatic N) is 2. The Hall–Kier alpha value is -1.33. The van der Waals surface area contributed by atoms with Gasteiger partial charge in [0.15, 0.2) is 0 Å². The summed E-state index contributed by atoms with van der Waals surface area (Å²) in [6, 6.07) is 7.62. The number of halogens is 1. The Balaban J connectivity index is 2.55. The molecule has 17 heavy (non-hydrogen) atoms. The summed E-state index contributed by atoms with van der Waals surface area (Å²) in [6.07, 6.45) is 1.26. The number of hydrogen-bond donors (Lipinski definition) is 0. The lowest BCUT2D eigenvalue weighted by atomic mass is 10.2. The molecule has 6 heteroatoms. The van der Waals surface area contributed by atoms with Crippen molar-refractivity contribution in [2.24, 2.45) is 0 Å². The van der Waals surface area contributed by atoms with Crippen LogP contribution < -0.4 is 0 Å². The van der Waals surface area contributed by atoms with Gasteiger partial charge in [0.2, 0.25) is 0 Å². The van der Waals surface area contributed by atoms with Crippen molar-refractivity contribution in [3.63, 3.8) is 0 Å². The number of rotatable bonds is 2. The summed E-state index contributed by atoms with van der Waals surface area (Å²) in [4.78, 5) is 0.0414. The summed E-state index contributed by atoms with van der Waals surface area (Å²) in [5.41, 5.74) is 2.44. The normalized spacial score (nSPS) is 11.7. The van der Waals surface area contributed by atoms with Crippen molar-refractivity contribution in [2.75, 3.05) is 0 Å². The van der Waals surface area contributed by atoms with Crippen molar-refractivity contribution in [2.45, 2.75) is 18.7 Å². The van der Waals surface area contributed by atoms with Crippen LogP contribution in [-0.2, 0) is 9.05 Å². The van der Waals surface area contributed by atoms with E-state index in [1.165, 1.54) is 6.20 Å². The van der Waals surface area contributed by atoms with Gasteiger partial charge in [-0.1, -0.05) is 17.7 Å². The van der Waals surface area contributed by atoms with Crippen LogP contribution in [0.3, 0.4) is 0 Å². The van der Waals surface area contributed by atoms with Gasteiger partial charge in [-0.15, -0.1) is 0 Å². The van der Waals surface area contributed by atoms with Crippen LogP contribution >= 0.6 is 10.7 Å². The van der Waals surface area contributed by atoms with E-state index in [9.17, 15) is 8.42 Å². The van der Waals surface area contributed by atoms with Crippen molar-refractivity contribution < 1.29 is 8.42 Å². The topological polar surface area (TPSA) is 52.0 Å². The van der Waals surface area contributed by atoms with E-state index in [0.717, 1.165) is 11.3 Å². The Morgan fingerprint density at radius 2 is 1.76 bits per heavy atom. The second kappa shape index (κ2) is 4.16. The lowest BCUT2D eigenvalue weighted by Crippen LogP contribution is -2.00. The van der Waals surface area contributed by atoms with Gasteiger partial charge in [-0.3, -0.25) is 0 Å². The van der Waals surface area contributed by atoms with E-state index >= 15 is 0 Å². The molecule has 2 rings (SSSR count). The van der Waals surface area contributed by atoms with Crippen LogP contribution in [0.4, 0.5) is 0 Å². The summed E-state index contributed by atoms with van der Waals surface area (Å²) in [6.45, 7) is 3.65. The summed E-state index contributed by atoms with van der Waals surface area (Å²) in [7, 11) is 1.57. The predicted octanol–water partition coefficient (Wildman–Crippen LogP) is 2.42. The van der Waals surface area contributed by atoms with E-state index in [1.807, 2.05) is 31.2 Å². The first kappa shape index (κ1) is 12.1. The Kier molecular flexibility index (Phi) is 2.97. The van der Waals surface area contributed by atoms with E-state index < -0.39 is 9.05 Å². The van der Waals surface area contributed by atoms with Crippen molar-refractivity contribution in [3.05, 3.63) is 41.7 Å². The quantitative estimate of drug-likeness (QED) is 0.788. The first-order valence-electron chi connectivity index (χ1n) is 4.96. The Bertz CT molecular complexity index is 645. The highest BCUT2D eigenvalue weighted by Crippen LogP contribution is 2.21. The fourth-order valence-corrected chi connectivity index (χ4v) is 2.65. The zero-order chi connectivity index (χ0) is 12.6. The SMILES string of the molecule is Cc1ccc(-n2ncc(S(=O)(=O)Cl)c2C)cc1. The van der Waals surface area contributed by atoms with Crippen molar-refractivity contribution in [1.29, 1.82) is 0 Å². The zero-order valence-corrected chi connectivity index (χ0v) is 11.0. The molecule has 2 aromatic rings. The molecule has 1 heterocycles. The first-order chi connectivity index (χ1) is 7.89. The molecule has 0 unspecified atom stereocenters. The van der Waals surface area contributed by atoms with Crippen LogP contribution in [0.1, 0.15) is 11.3 Å². The Morgan fingerprint density at radius 1 is 1.18 bits per heavy atom. The molecule has 4 nitrogen and oxygen atoms in total. The third-order valence-corrected chi connectivity index (χ3v) is 3.93. The lowest BCUT2D eigenvalue weighted by molar-refractivity contribution is 0.609. The third kappa shape index (κ3) is 2.35. The minimum Gasteiger partial charge on any atom is -0.237 e. The Morgan fingerprint density at radius 3 is 2.24 bits per heavy atom. The summed E-state index contributed by atoms with van der Waals surface area (Å²) in [5.74, 6) is 0. The Labute approximate surface area is 104 Å². The highest BCUT2D eigenvalue weighted by Gasteiger charge is 2.18. The fraction of sp³-hybridized carbons (Fsp3) is 0.182. The van der Waals surface area contributed by atoms with Crippen molar-refractivity contribution >= 4 is 19.7 Å². The monoisotopic (exact) mass is 270 g/mol. The van der Waals surface area contributed by atoms with Crippen LogP contribution in [0, 0.1) is 13.8 Å². The molecule has 0 aliphatic heterocycles. The molecule has 0 N–H and O–H groups in total. The molecule has 0 atom stereocenters. The molecule has 0 fully saturated rings. The van der Waals surface area contributed by atoms with Gasteiger partial charge in [0.1, 0.15) is 4.90 Å². The van der Waals surface area contributed by atoms with Gasteiger partial charge < -0.3 is 0 Å². The van der Waals surface area contributed by atoms with Gasteiger partial charge in [0.25, 0.3) is 9.05 Å². The van der Waals surface area contributed by atoms with E-state index in [-0.39, 0.29) is 4.90 Å². The van der Waals surface area contributed by atoms with Crippen LogP contribution in [0.2, 0.25) is 0 Å². The van der Waals surface area contributed by atoms with Crippen molar-refractivity contribution in [1.82, 2.24) is 9.78 Å². The number of hydrogen-bond acceptors (Lipinski definition) is 3. The molecule has 0 saturated carbocycles. The molecule has 0 bridgehead atoms. The van der Waals surface area contributed by atoms with E-state index in [2.05, 4.69) is 5.10 Å². The third-order valence-electron chi connectivity index (χ3n) is 2.51. The zero-order valence-electron chi connectivity index (χ0n) is 9.38. The maximum atomic E-state index is 11.3. The molecular formula is C11H11ClN2O2S. The van der Waals surface area contributed by atoms with Gasteiger partial charge in [-0.2, -0.15) is 5.10 Å². The maximum Gasteiger partial charge on any atom is 0.264 e. The second-order valence-corrected chi connectivity index (χ2v) is 6.31. The maximum absolute atomic E-state index is 11.3. The molecule has 0 spiro atoms. The van der Waals surface area contributed by atoms with E-state index in [4.69, 9.17) is 10.7 Å². The average Bonchev–Trinajstić information content (AvgIpc) is 2.61. The van der Waals surface area contributed by atoms with Crippen molar-refractivity contribution in [3.8, 4) is 5.69 Å². The minimum atomic E-state index is -3.74. The highest BCUT2D eigenvalue weighted by molar-refractivity contribution is 8.13. The highest BCUT2D eigenvalue weighted by atomic mass is 35.7. The van der Waals surface area contributed by atoms with Crippen LogP contribution in [0.25, 0.3) is 5.69 Å². The molecule has 0 amide bonds. The standard InChI is InChI=1S/C11H11ClN2O2S/c1-8-3-5-10(6-4-8)14-9(2)11(7-13-14)17(12,15)16/h3-7H,1-2H3. The van der Waals surface area contributed by atoms with Crippen LogP contribution in [0.5, 0.6) is 0 Å². The minimum absolute atomic E-state index is 0.0414. The average molecular weight is 271 g/mol. The van der Waals surface area contributed by atoms with Crippen LogP contribution in [-0.4, -0.2) is 18.2 Å². The molecule has 90 valence electrons. The fourth-order valence-electron chi connectivity index (χ4n) is 1.58. The molecule has 0 aliphatic carbocycles. The lowest BCUT2D eigenvalue weighted by Gasteiger charge is -2.04. The molecule has 0 aliphatic rings. The van der Waals surface area contributed by atoms with E-state index in [0.29, 0.717) is 5.69 Å². The number of aromatic nitrogens is 2. The smallest absolute Gasteiger partial charge is 0.237 e. The summed E-state index contributed by atoms with van der Waals surface area (Å²) >= 11 is 0. The van der Waals surface area contributed by atoms with Gasteiger partial charge >= 0.3 is 0 Å². The summed E-state index contributed by atoms with van der Waals surface area (Å²) < 4.78 is 24.1. The molecule has 1 aromatic heterocycles. The number of benzene rings is 1. The molecule has 0 radical (unpaired) electrons.